The van der Waals surface area contributed by atoms with Gasteiger partial charge in [-0.25, -0.2) is 4.79 Å². The molecule has 1 rings (SSSR count). The fraction of sp³-hybridized carbons (Fsp3) is 0.300. The van der Waals surface area contributed by atoms with Gasteiger partial charge in [0.15, 0.2) is 0 Å². The van der Waals surface area contributed by atoms with E-state index in [1.54, 1.807) is 18.2 Å². The van der Waals surface area contributed by atoms with Gasteiger partial charge in [0.05, 0.1) is 17.7 Å². The lowest BCUT2D eigenvalue weighted by Gasteiger charge is -2.10. The van der Waals surface area contributed by atoms with Crippen LogP contribution in [0.3, 0.4) is 0 Å². The number of anilines is 1. The Morgan fingerprint density at radius 3 is 2.82 bits per heavy atom. The molecule has 2 amide bonds. The molecular weight excluding hydrogens is 311 g/mol. The molecule has 94 valence electrons. The molecule has 1 atom stereocenters. The van der Waals surface area contributed by atoms with Crippen molar-refractivity contribution in [3.63, 3.8) is 0 Å². The van der Waals surface area contributed by atoms with E-state index in [0.717, 1.165) is 4.47 Å². The Balaban J connectivity index is 2.48. The maximum Gasteiger partial charge on any atom is 0.319 e. The zero-order valence-corrected chi connectivity index (χ0v) is 11.1. The van der Waals surface area contributed by atoms with Gasteiger partial charge >= 0.3 is 6.03 Å². The minimum Gasteiger partial charge on any atom is -0.394 e. The minimum atomic E-state index is -0.964. The summed E-state index contributed by atoms with van der Waals surface area (Å²) in [5.74, 6) is 0. The average Bonchev–Trinajstić information content (AvgIpc) is 2.31. The topological polar surface area (TPSA) is 81.6 Å². The maximum absolute atomic E-state index is 11.4. The van der Waals surface area contributed by atoms with Crippen molar-refractivity contribution in [3.8, 4) is 0 Å². The second-order valence-electron chi connectivity index (χ2n) is 3.30. The number of hydrogen-bond acceptors (Lipinski definition) is 3. The molecule has 0 aliphatic heterocycles. The summed E-state index contributed by atoms with van der Waals surface area (Å²) in [6.07, 6.45) is -0.964. The zero-order valence-electron chi connectivity index (χ0n) is 8.78. The highest BCUT2D eigenvalue weighted by molar-refractivity contribution is 9.10. The van der Waals surface area contributed by atoms with Gasteiger partial charge in [0.2, 0.25) is 0 Å². The van der Waals surface area contributed by atoms with Crippen molar-refractivity contribution in [1.29, 1.82) is 0 Å². The van der Waals surface area contributed by atoms with Crippen LogP contribution in [-0.4, -0.2) is 35.5 Å². The lowest BCUT2D eigenvalue weighted by atomic mass is 10.3. The normalized spacial score (nSPS) is 12.0. The molecule has 0 aliphatic carbocycles. The third-order valence-corrected chi connectivity index (χ3v) is 3.12. The van der Waals surface area contributed by atoms with Crippen molar-refractivity contribution in [2.45, 2.75) is 6.10 Å². The molecule has 7 heteroatoms. The van der Waals surface area contributed by atoms with E-state index >= 15 is 0 Å². The van der Waals surface area contributed by atoms with Gasteiger partial charge in [-0.15, -0.1) is 0 Å². The van der Waals surface area contributed by atoms with Crippen LogP contribution in [0.2, 0.25) is 5.02 Å². The average molecular weight is 324 g/mol. The quantitative estimate of drug-likeness (QED) is 0.679. The Hall–Kier alpha value is -0.820. The number of carbonyl (C=O) groups is 1. The largest absolute Gasteiger partial charge is 0.394 e. The van der Waals surface area contributed by atoms with Crippen molar-refractivity contribution < 1.29 is 15.0 Å². The predicted molar refractivity (Wildman–Crippen MR) is 69.3 cm³/mol. The van der Waals surface area contributed by atoms with Crippen LogP contribution >= 0.6 is 27.5 Å². The smallest absolute Gasteiger partial charge is 0.319 e. The monoisotopic (exact) mass is 322 g/mol. The number of carbonyl (C=O) groups excluding carboxylic acids is 1. The van der Waals surface area contributed by atoms with Gasteiger partial charge in [0, 0.05) is 16.7 Å². The number of benzene rings is 1. The highest BCUT2D eigenvalue weighted by Crippen LogP contribution is 2.25. The number of nitrogens with one attached hydrogen (secondary N) is 2. The molecular formula is C10H12BrClN2O3. The predicted octanol–water partition coefficient (Wildman–Crippen LogP) is 1.58. The first-order valence-corrected chi connectivity index (χ1v) is 5.99. The highest BCUT2D eigenvalue weighted by atomic mass is 79.9. The summed E-state index contributed by atoms with van der Waals surface area (Å²) < 4.78 is 0.737. The van der Waals surface area contributed by atoms with Gasteiger partial charge < -0.3 is 20.8 Å². The number of halogens is 2. The van der Waals surface area contributed by atoms with Crippen LogP contribution in [0.4, 0.5) is 10.5 Å². The summed E-state index contributed by atoms with van der Waals surface area (Å²) in [5, 5.41) is 23.0. The third kappa shape index (κ3) is 4.91. The first kappa shape index (κ1) is 14.2. The van der Waals surface area contributed by atoms with E-state index < -0.39 is 18.7 Å². The second-order valence-corrected chi connectivity index (χ2v) is 4.56. The highest BCUT2D eigenvalue weighted by Gasteiger charge is 2.06. The first-order valence-electron chi connectivity index (χ1n) is 4.81. The third-order valence-electron chi connectivity index (χ3n) is 1.89. The molecule has 5 nitrogen and oxygen atoms in total. The van der Waals surface area contributed by atoms with E-state index in [9.17, 15) is 4.79 Å². The summed E-state index contributed by atoms with van der Waals surface area (Å²) in [7, 11) is 0. The number of urea groups is 1. The standard InChI is InChI=1S/C10H12BrClN2O3/c11-8-2-1-6(3-9(8)12)14-10(17)13-4-7(16)5-15/h1-3,7,15-16H,4-5H2,(H2,13,14,17)/t7-/m1/s1. The van der Waals surface area contributed by atoms with Crippen molar-refractivity contribution in [3.05, 3.63) is 27.7 Å². The number of aliphatic hydroxyl groups excluding tert-OH is 2. The van der Waals surface area contributed by atoms with Crippen molar-refractivity contribution >= 4 is 39.2 Å². The molecule has 0 aromatic heterocycles. The van der Waals surface area contributed by atoms with Gasteiger partial charge in [-0.3, -0.25) is 0 Å². The molecule has 0 unspecified atom stereocenters. The SMILES string of the molecule is O=C(NC[C@@H](O)CO)Nc1ccc(Br)c(Cl)c1. The van der Waals surface area contributed by atoms with E-state index in [1.165, 1.54) is 0 Å². The Kier molecular flexibility index (Phi) is 5.70. The van der Waals surface area contributed by atoms with Crippen LogP contribution in [0, 0.1) is 0 Å². The second kappa shape index (κ2) is 6.80. The van der Waals surface area contributed by atoms with E-state index in [2.05, 4.69) is 26.6 Å². The summed E-state index contributed by atoms with van der Waals surface area (Å²) >= 11 is 9.09. The Morgan fingerprint density at radius 2 is 2.24 bits per heavy atom. The van der Waals surface area contributed by atoms with Crippen LogP contribution < -0.4 is 10.6 Å². The molecule has 4 N–H and O–H groups in total. The summed E-state index contributed by atoms with van der Waals surface area (Å²) in [4.78, 5) is 11.4. The van der Waals surface area contributed by atoms with Crippen LogP contribution in [0.25, 0.3) is 0 Å². The molecule has 0 spiro atoms. The molecule has 0 saturated carbocycles. The van der Waals surface area contributed by atoms with Gasteiger partial charge in [-0.1, -0.05) is 11.6 Å². The zero-order chi connectivity index (χ0) is 12.8. The number of hydrogen-bond donors (Lipinski definition) is 4. The van der Waals surface area contributed by atoms with Crippen LogP contribution in [0.5, 0.6) is 0 Å². The fourth-order valence-corrected chi connectivity index (χ4v) is 1.45. The Morgan fingerprint density at radius 1 is 1.53 bits per heavy atom. The lowest BCUT2D eigenvalue weighted by Crippen LogP contribution is -2.36. The van der Waals surface area contributed by atoms with Crippen molar-refractivity contribution in [1.82, 2.24) is 5.32 Å². The van der Waals surface area contributed by atoms with Crippen LogP contribution in [-0.2, 0) is 0 Å². The van der Waals surface area contributed by atoms with Gasteiger partial charge in [-0.05, 0) is 34.1 Å². The van der Waals surface area contributed by atoms with E-state index in [1.807, 2.05) is 0 Å². The van der Waals surface area contributed by atoms with Gasteiger partial charge in [0.25, 0.3) is 0 Å². The molecule has 0 saturated heterocycles. The summed E-state index contributed by atoms with van der Waals surface area (Å²) in [5.41, 5.74) is 0.536. The molecule has 0 aliphatic rings. The van der Waals surface area contributed by atoms with E-state index in [4.69, 9.17) is 21.8 Å². The summed E-state index contributed by atoms with van der Waals surface area (Å²) in [6, 6.07) is 4.50. The maximum atomic E-state index is 11.4. The van der Waals surface area contributed by atoms with Gasteiger partial charge in [-0.2, -0.15) is 0 Å². The van der Waals surface area contributed by atoms with E-state index in [-0.39, 0.29) is 6.54 Å². The lowest BCUT2D eigenvalue weighted by molar-refractivity contribution is 0.0965. The summed E-state index contributed by atoms with van der Waals surface area (Å²) in [6.45, 7) is -0.420. The number of rotatable bonds is 4. The van der Waals surface area contributed by atoms with Crippen molar-refractivity contribution in [2.75, 3.05) is 18.5 Å². The Bertz CT molecular complexity index is 403. The van der Waals surface area contributed by atoms with Gasteiger partial charge in [0.1, 0.15) is 0 Å². The van der Waals surface area contributed by atoms with E-state index in [0.29, 0.717) is 10.7 Å². The van der Waals surface area contributed by atoms with Crippen molar-refractivity contribution in [2.24, 2.45) is 0 Å². The molecule has 17 heavy (non-hydrogen) atoms. The molecule has 1 aromatic rings. The number of amides is 2. The molecule has 0 fully saturated rings. The first-order chi connectivity index (χ1) is 8.02. The van der Waals surface area contributed by atoms with Crippen LogP contribution in [0.15, 0.2) is 22.7 Å². The molecule has 0 radical (unpaired) electrons. The minimum absolute atomic E-state index is 0.0212. The fourth-order valence-electron chi connectivity index (χ4n) is 1.02. The number of aliphatic hydroxyl groups is 2. The molecule has 1 aromatic carbocycles. The molecule has 0 heterocycles. The Labute approximate surface area is 112 Å². The molecule has 0 bridgehead atoms. The van der Waals surface area contributed by atoms with Crippen LogP contribution in [0.1, 0.15) is 0 Å².